The van der Waals surface area contributed by atoms with Gasteiger partial charge in [-0.25, -0.2) is 9.59 Å². The zero-order valence-electron chi connectivity index (χ0n) is 12.2. The fourth-order valence-corrected chi connectivity index (χ4v) is 1.80. The van der Waals surface area contributed by atoms with E-state index in [1.165, 1.54) is 6.20 Å². The molecule has 0 atom stereocenters. The molecule has 0 radical (unpaired) electrons. The largest absolute Gasteiger partial charge is 0.462 e. The Morgan fingerprint density at radius 2 is 1.76 bits per heavy atom. The maximum absolute atomic E-state index is 11.8. The van der Waals surface area contributed by atoms with Gasteiger partial charge in [0.2, 0.25) is 0 Å². The van der Waals surface area contributed by atoms with Gasteiger partial charge < -0.3 is 14.8 Å². The molecule has 21 heavy (non-hydrogen) atoms. The number of benzene rings is 1. The lowest BCUT2D eigenvalue weighted by molar-refractivity contribution is -0.146. The van der Waals surface area contributed by atoms with Crippen molar-refractivity contribution in [3.8, 4) is 0 Å². The molecule has 0 bridgehead atoms. The SMILES string of the molecule is CCOC(=O)C(=CNc1ccc(C)cc1Cl)C(=O)OCC. The van der Waals surface area contributed by atoms with Crippen LogP contribution in [0.5, 0.6) is 0 Å². The molecular weight excluding hydrogens is 294 g/mol. The minimum absolute atomic E-state index is 0.168. The first-order chi connectivity index (χ1) is 9.99. The van der Waals surface area contributed by atoms with Crippen LogP contribution in [0, 0.1) is 6.92 Å². The lowest BCUT2D eigenvalue weighted by Crippen LogP contribution is -2.19. The fraction of sp³-hybridized carbons (Fsp3) is 0.333. The highest BCUT2D eigenvalue weighted by Gasteiger charge is 2.21. The summed E-state index contributed by atoms with van der Waals surface area (Å²) in [4.78, 5) is 23.5. The fourth-order valence-electron chi connectivity index (χ4n) is 1.51. The van der Waals surface area contributed by atoms with Crippen LogP contribution in [0.2, 0.25) is 5.02 Å². The number of hydrogen-bond donors (Lipinski definition) is 1. The van der Waals surface area contributed by atoms with Gasteiger partial charge in [0.25, 0.3) is 0 Å². The molecule has 0 saturated heterocycles. The quantitative estimate of drug-likeness (QED) is 0.378. The number of hydrogen-bond acceptors (Lipinski definition) is 5. The van der Waals surface area contributed by atoms with Crippen LogP contribution in [0.1, 0.15) is 19.4 Å². The van der Waals surface area contributed by atoms with Crippen LogP contribution in [0.4, 0.5) is 5.69 Å². The molecule has 0 aliphatic rings. The van der Waals surface area contributed by atoms with Gasteiger partial charge in [-0.2, -0.15) is 0 Å². The average Bonchev–Trinajstić information content (AvgIpc) is 2.41. The van der Waals surface area contributed by atoms with Gasteiger partial charge >= 0.3 is 11.9 Å². The lowest BCUT2D eigenvalue weighted by Gasteiger charge is -2.09. The lowest BCUT2D eigenvalue weighted by atomic mass is 10.2. The first-order valence-electron chi connectivity index (χ1n) is 6.56. The summed E-state index contributed by atoms with van der Waals surface area (Å²) in [5.41, 5.74) is 1.37. The van der Waals surface area contributed by atoms with Crippen LogP contribution in [0.15, 0.2) is 30.0 Å². The second-order valence-electron chi connectivity index (χ2n) is 4.13. The molecule has 0 amide bonds. The average molecular weight is 312 g/mol. The van der Waals surface area contributed by atoms with Crippen LogP contribution >= 0.6 is 11.6 Å². The predicted octanol–water partition coefficient (Wildman–Crippen LogP) is 3.07. The Hall–Kier alpha value is -2.01. The van der Waals surface area contributed by atoms with Crippen molar-refractivity contribution in [2.24, 2.45) is 0 Å². The Kier molecular flexibility index (Phi) is 6.75. The smallest absolute Gasteiger partial charge is 0.347 e. The van der Waals surface area contributed by atoms with Crippen LogP contribution in [0.3, 0.4) is 0 Å². The van der Waals surface area contributed by atoms with E-state index < -0.39 is 11.9 Å². The normalized spacial score (nSPS) is 9.71. The summed E-state index contributed by atoms with van der Waals surface area (Å²) in [5.74, 6) is -1.49. The Morgan fingerprint density at radius 3 is 2.24 bits per heavy atom. The number of carbonyl (C=O) groups excluding carboxylic acids is 2. The summed E-state index contributed by atoms with van der Waals surface area (Å²) in [6.07, 6.45) is 1.24. The number of esters is 2. The van der Waals surface area contributed by atoms with Gasteiger partial charge in [-0.05, 0) is 38.5 Å². The molecular formula is C15H18ClNO4. The Labute approximate surface area is 128 Å². The summed E-state index contributed by atoms with van der Waals surface area (Å²) in [5, 5.41) is 3.31. The monoisotopic (exact) mass is 311 g/mol. The second-order valence-corrected chi connectivity index (χ2v) is 4.53. The number of aryl methyl sites for hydroxylation is 1. The summed E-state index contributed by atoms with van der Waals surface area (Å²) in [6, 6.07) is 5.38. The van der Waals surface area contributed by atoms with Gasteiger partial charge in [-0.15, -0.1) is 0 Å². The van der Waals surface area contributed by atoms with Crippen LogP contribution in [-0.2, 0) is 19.1 Å². The standard InChI is InChI=1S/C15H18ClNO4/c1-4-20-14(18)11(15(19)21-5-2)9-17-13-7-6-10(3)8-12(13)16/h6-9,17H,4-5H2,1-3H3. The highest BCUT2D eigenvalue weighted by atomic mass is 35.5. The summed E-state index contributed by atoms with van der Waals surface area (Å²) in [6.45, 7) is 5.56. The molecule has 0 fully saturated rings. The van der Waals surface area contributed by atoms with Gasteiger partial charge in [-0.3, -0.25) is 0 Å². The molecule has 0 unspecified atom stereocenters. The maximum Gasteiger partial charge on any atom is 0.347 e. The summed E-state index contributed by atoms with van der Waals surface area (Å²) >= 11 is 6.07. The molecule has 1 aromatic carbocycles. The molecule has 0 aliphatic heterocycles. The number of carbonyl (C=O) groups is 2. The predicted molar refractivity (Wildman–Crippen MR) is 81.2 cm³/mol. The molecule has 0 aromatic heterocycles. The first-order valence-corrected chi connectivity index (χ1v) is 6.94. The van der Waals surface area contributed by atoms with Gasteiger partial charge in [0, 0.05) is 6.20 Å². The van der Waals surface area contributed by atoms with E-state index in [0.29, 0.717) is 10.7 Å². The van der Waals surface area contributed by atoms with Crippen molar-refractivity contribution in [3.05, 3.63) is 40.6 Å². The van der Waals surface area contributed by atoms with Crippen molar-refractivity contribution >= 4 is 29.2 Å². The number of nitrogens with one attached hydrogen (secondary N) is 1. The van der Waals surface area contributed by atoms with Crippen molar-refractivity contribution in [2.45, 2.75) is 20.8 Å². The molecule has 0 spiro atoms. The molecule has 6 heteroatoms. The van der Waals surface area contributed by atoms with E-state index in [1.807, 2.05) is 13.0 Å². The van der Waals surface area contributed by atoms with Crippen molar-refractivity contribution < 1.29 is 19.1 Å². The van der Waals surface area contributed by atoms with E-state index in [9.17, 15) is 9.59 Å². The Morgan fingerprint density at radius 1 is 1.19 bits per heavy atom. The van der Waals surface area contributed by atoms with E-state index in [0.717, 1.165) is 5.56 Å². The zero-order valence-corrected chi connectivity index (χ0v) is 13.0. The van der Waals surface area contributed by atoms with E-state index in [1.54, 1.807) is 26.0 Å². The molecule has 0 saturated carbocycles. The summed E-state index contributed by atoms with van der Waals surface area (Å²) in [7, 11) is 0. The van der Waals surface area contributed by atoms with Crippen molar-refractivity contribution in [3.63, 3.8) is 0 Å². The maximum atomic E-state index is 11.8. The molecule has 1 aromatic rings. The van der Waals surface area contributed by atoms with E-state index >= 15 is 0 Å². The third-order valence-electron chi connectivity index (χ3n) is 2.49. The molecule has 0 aliphatic carbocycles. The minimum Gasteiger partial charge on any atom is -0.462 e. The van der Waals surface area contributed by atoms with Crippen molar-refractivity contribution in [2.75, 3.05) is 18.5 Å². The first kappa shape index (κ1) is 17.0. The minimum atomic E-state index is -0.744. The number of rotatable bonds is 6. The van der Waals surface area contributed by atoms with Crippen molar-refractivity contribution in [1.82, 2.24) is 0 Å². The van der Waals surface area contributed by atoms with Crippen molar-refractivity contribution in [1.29, 1.82) is 0 Å². The Bertz CT molecular complexity index is 535. The van der Waals surface area contributed by atoms with Crippen LogP contribution < -0.4 is 5.32 Å². The van der Waals surface area contributed by atoms with E-state index in [4.69, 9.17) is 21.1 Å². The topological polar surface area (TPSA) is 64.6 Å². The van der Waals surface area contributed by atoms with Crippen LogP contribution in [-0.4, -0.2) is 25.2 Å². The third-order valence-corrected chi connectivity index (χ3v) is 2.80. The highest BCUT2D eigenvalue weighted by molar-refractivity contribution is 6.33. The highest BCUT2D eigenvalue weighted by Crippen LogP contribution is 2.23. The number of anilines is 1. The zero-order chi connectivity index (χ0) is 15.8. The third kappa shape index (κ3) is 5.11. The Balaban J connectivity index is 2.96. The molecule has 5 nitrogen and oxygen atoms in total. The van der Waals surface area contributed by atoms with E-state index in [2.05, 4.69) is 5.32 Å². The molecule has 114 valence electrons. The van der Waals surface area contributed by atoms with Gasteiger partial charge in [0.05, 0.1) is 23.9 Å². The number of halogens is 1. The van der Waals surface area contributed by atoms with Gasteiger partial charge in [0.1, 0.15) is 0 Å². The van der Waals surface area contributed by atoms with Gasteiger partial charge in [-0.1, -0.05) is 17.7 Å². The van der Waals surface area contributed by atoms with E-state index in [-0.39, 0.29) is 18.8 Å². The van der Waals surface area contributed by atoms with Crippen LogP contribution in [0.25, 0.3) is 0 Å². The summed E-state index contributed by atoms with van der Waals surface area (Å²) < 4.78 is 9.66. The molecule has 1 rings (SSSR count). The second kappa shape index (κ2) is 8.32. The van der Waals surface area contributed by atoms with Gasteiger partial charge in [0.15, 0.2) is 5.57 Å². The number of ether oxygens (including phenoxy) is 2. The molecule has 1 N–H and O–H groups in total. The molecule has 0 heterocycles.